The van der Waals surface area contributed by atoms with Crippen LogP contribution in [0.2, 0.25) is 5.02 Å². The minimum Gasteiger partial charge on any atom is -0.491 e. The van der Waals surface area contributed by atoms with Crippen molar-refractivity contribution in [2.24, 2.45) is 0 Å². The molecule has 0 radical (unpaired) electrons. The maximum Gasteiger partial charge on any atom is 0.205 e. The number of anilines is 1. The summed E-state index contributed by atoms with van der Waals surface area (Å²) < 4.78 is 20.9. The molecule has 108 valence electrons. The first-order chi connectivity index (χ1) is 10.1. The molecule has 0 atom stereocenters. The van der Waals surface area contributed by atoms with E-state index < -0.39 is 5.82 Å². The maximum atomic E-state index is 14.0. The van der Waals surface area contributed by atoms with Crippen LogP contribution in [0.15, 0.2) is 36.4 Å². The van der Waals surface area contributed by atoms with Gasteiger partial charge in [0.15, 0.2) is 11.6 Å². The van der Waals surface area contributed by atoms with Crippen LogP contribution in [0.1, 0.15) is 6.92 Å². The van der Waals surface area contributed by atoms with Gasteiger partial charge >= 0.3 is 0 Å². The van der Waals surface area contributed by atoms with Gasteiger partial charge in [-0.1, -0.05) is 11.6 Å². The fourth-order valence-corrected chi connectivity index (χ4v) is 2.41. The predicted molar refractivity (Wildman–Crippen MR) is 81.6 cm³/mol. The molecule has 0 bridgehead atoms. The van der Waals surface area contributed by atoms with Gasteiger partial charge in [0.05, 0.1) is 23.3 Å². The van der Waals surface area contributed by atoms with Crippen LogP contribution < -0.4 is 10.5 Å². The second-order valence-corrected chi connectivity index (χ2v) is 4.92. The number of aromatic nitrogens is 2. The summed E-state index contributed by atoms with van der Waals surface area (Å²) in [6, 6.07) is 9.92. The number of halogens is 2. The van der Waals surface area contributed by atoms with Gasteiger partial charge < -0.3 is 10.5 Å². The summed E-state index contributed by atoms with van der Waals surface area (Å²) in [6.45, 7) is 2.21. The van der Waals surface area contributed by atoms with E-state index in [2.05, 4.69) is 4.98 Å². The Hall–Kier alpha value is -2.27. The largest absolute Gasteiger partial charge is 0.491 e. The number of rotatable bonds is 3. The molecule has 2 aromatic carbocycles. The molecule has 2 N–H and O–H groups in total. The lowest BCUT2D eigenvalue weighted by Crippen LogP contribution is -2.02. The Bertz CT molecular complexity index is 816. The molecule has 0 saturated carbocycles. The smallest absolute Gasteiger partial charge is 0.205 e. The summed E-state index contributed by atoms with van der Waals surface area (Å²) in [6.07, 6.45) is 0. The van der Waals surface area contributed by atoms with Crippen molar-refractivity contribution >= 4 is 28.6 Å². The number of fused-ring (bicyclic) bond motifs is 1. The van der Waals surface area contributed by atoms with Crippen LogP contribution in [0.5, 0.6) is 5.75 Å². The van der Waals surface area contributed by atoms with Gasteiger partial charge in [-0.25, -0.2) is 9.37 Å². The van der Waals surface area contributed by atoms with Crippen LogP contribution in [0, 0.1) is 5.82 Å². The molecular weight excluding hydrogens is 293 g/mol. The van der Waals surface area contributed by atoms with E-state index in [1.807, 2.05) is 0 Å². The van der Waals surface area contributed by atoms with Gasteiger partial charge in [-0.3, -0.25) is 4.57 Å². The molecule has 0 aliphatic heterocycles. The molecule has 0 amide bonds. The zero-order valence-corrected chi connectivity index (χ0v) is 12.1. The molecule has 0 fully saturated rings. The van der Waals surface area contributed by atoms with Crippen molar-refractivity contribution in [3.63, 3.8) is 0 Å². The van der Waals surface area contributed by atoms with E-state index in [1.54, 1.807) is 41.8 Å². The summed E-state index contributed by atoms with van der Waals surface area (Å²) in [7, 11) is 0. The fourth-order valence-electron chi connectivity index (χ4n) is 2.24. The number of nitrogen functional groups attached to an aromatic ring is 1. The molecule has 0 aliphatic rings. The number of nitrogens with two attached hydrogens (primary N) is 1. The normalized spacial score (nSPS) is 11.0. The minimum absolute atomic E-state index is 0.210. The zero-order chi connectivity index (χ0) is 15.0. The Kier molecular flexibility index (Phi) is 3.43. The quantitative estimate of drug-likeness (QED) is 0.801. The molecule has 0 aliphatic carbocycles. The van der Waals surface area contributed by atoms with Crippen molar-refractivity contribution < 1.29 is 9.13 Å². The molecule has 3 rings (SSSR count). The van der Waals surface area contributed by atoms with Crippen molar-refractivity contribution in [1.29, 1.82) is 0 Å². The highest BCUT2D eigenvalue weighted by Crippen LogP contribution is 2.28. The van der Waals surface area contributed by atoms with Crippen LogP contribution in [0.4, 0.5) is 10.3 Å². The third-order valence-corrected chi connectivity index (χ3v) is 3.35. The van der Waals surface area contributed by atoms with Gasteiger partial charge in [0, 0.05) is 11.1 Å². The number of ether oxygens (including phenoxy) is 1. The molecule has 21 heavy (non-hydrogen) atoms. The van der Waals surface area contributed by atoms with E-state index in [0.29, 0.717) is 22.8 Å². The second-order valence-electron chi connectivity index (χ2n) is 4.49. The minimum atomic E-state index is -0.447. The SMILES string of the molecule is CCOc1ccc(-n2c(N)nc3ccc(Cl)cc32)cc1F. The third-order valence-electron chi connectivity index (χ3n) is 3.12. The molecule has 4 nitrogen and oxygen atoms in total. The van der Waals surface area contributed by atoms with Gasteiger partial charge in [-0.15, -0.1) is 0 Å². The van der Waals surface area contributed by atoms with E-state index >= 15 is 0 Å². The number of imidazole rings is 1. The Balaban J connectivity index is 2.18. The molecule has 6 heteroatoms. The molecule has 1 heterocycles. The average Bonchev–Trinajstić information content (AvgIpc) is 2.76. The van der Waals surface area contributed by atoms with Crippen molar-refractivity contribution in [3.8, 4) is 11.4 Å². The van der Waals surface area contributed by atoms with Gasteiger partial charge in [-0.05, 0) is 37.3 Å². The van der Waals surface area contributed by atoms with Crippen LogP contribution in [-0.4, -0.2) is 16.2 Å². The molecule has 0 unspecified atom stereocenters. The van der Waals surface area contributed by atoms with Gasteiger partial charge in [-0.2, -0.15) is 0 Å². The monoisotopic (exact) mass is 305 g/mol. The van der Waals surface area contributed by atoms with E-state index in [1.165, 1.54) is 6.07 Å². The lowest BCUT2D eigenvalue weighted by atomic mass is 10.2. The Morgan fingerprint density at radius 1 is 1.29 bits per heavy atom. The van der Waals surface area contributed by atoms with Crippen LogP contribution in [-0.2, 0) is 0 Å². The molecule has 0 saturated heterocycles. The average molecular weight is 306 g/mol. The van der Waals surface area contributed by atoms with Crippen LogP contribution in [0.25, 0.3) is 16.7 Å². The van der Waals surface area contributed by atoms with Crippen molar-refractivity contribution in [2.45, 2.75) is 6.92 Å². The van der Waals surface area contributed by atoms with Crippen molar-refractivity contribution in [1.82, 2.24) is 9.55 Å². The van der Waals surface area contributed by atoms with E-state index in [-0.39, 0.29) is 11.7 Å². The summed E-state index contributed by atoms with van der Waals surface area (Å²) >= 11 is 6.01. The standard InChI is InChI=1S/C15H13ClFN3O/c1-2-21-14-6-4-10(8-11(14)17)20-13-7-9(16)3-5-12(13)19-15(20)18/h3-8H,2H2,1H3,(H2,18,19). The van der Waals surface area contributed by atoms with E-state index in [0.717, 1.165) is 5.52 Å². The Morgan fingerprint density at radius 2 is 2.10 bits per heavy atom. The number of benzene rings is 2. The zero-order valence-electron chi connectivity index (χ0n) is 11.3. The van der Waals surface area contributed by atoms with E-state index in [4.69, 9.17) is 22.1 Å². The third kappa shape index (κ3) is 2.40. The molecule has 1 aromatic heterocycles. The van der Waals surface area contributed by atoms with Crippen LogP contribution in [0.3, 0.4) is 0 Å². The van der Waals surface area contributed by atoms with Gasteiger partial charge in [0.1, 0.15) is 0 Å². The number of nitrogens with zero attached hydrogens (tertiary/aromatic N) is 2. The lowest BCUT2D eigenvalue weighted by Gasteiger charge is -2.09. The number of hydrogen-bond acceptors (Lipinski definition) is 3. The Morgan fingerprint density at radius 3 is 2.81 bits per heavy atom. The first kappa shape index (κ1) is 13.7. The summed E-state index contributed by atoms with van der Waals surface area (Å²) in [5, 5.41) is 0.565. The van der Waals surface area contributed by atoms with E-state index in [9.17, 15) is 4.39 Å². The maximum absolute atomic E-state index is 14.0. The summed E-state index contributed by atoms with van der Waals surface area (Å²) in [5.41, 5.74) is 7.93. The highest BCUT2D eigenvalue weighted by atomic mass is 35.5. The summed E-state index contributed by atoms with van der Waals surface area (Å²) in [4.78, 5) is 4.25. The first-order valence-corrected chi connectivity index (χ1v) is 6.84. The van der Waals surface area contributed by atoms with Crippen molar-refractivity contribution in [3.05, 3.63) is 47.2 Å². The second kappa shape index (κ2) is 5.26. The fraction of sp³-hybridized carbons (Fsp3) is 0.133. The highest BCUT2D eigenvalue weighted by Gasteiger charge is 2.12. The van der Waals surface area contributed by atoms with Crippen LogP contribution >= 0.6 is 11.6 Å². The van der Waals surface area contributed by atoms with Gasteiger partial charge in [0.25, 0.3) is 0 Å². The molecule has 0 spiro atoms. The highest BCUT2D eigenvalue weighted by molar-refractivity contribution is 6.31. The molecular formula is C15H13ClFN3O. The number of hydrogen-bond donors (Lipinski definition) is 1. The Labute approximate surface area is 125 Å². The van der Waals surface area contributed by atoms with Crippen molar-refractivity contribution in [2.75, 3.05) is 12.3 Å². The molecule has 3 aromatic rings. The predicted octanol–water partition coefficient (Wildman–Crippen LogP) is 3.80. The summed E-state index contributed by atoms with van der Waals surface area (Å²) in [5.74, 6) is 0.0377. The first-order valence-electron chi connectivity index (χ1n) is 6.46. The lowest BCUT2D eigenvalue weighted by molar-refractivity contribution is 0.321. The van der Waals surface area contributed by atoms with Gasteiger partial charge in [0.2, 0.25) is 5.95 Å². The topological polar surface area (TPSA) is 53.1 Å².